The second kappa shape index (κ2) is 7.44. The third-order valence-electron chi connectivity index (χ3n) is 2.91. The molecule has 0 aliphatic rings. The highest BCUT2D eigenvalue weighted by molar-refractivity contribution is 6.31. The minimum Gasteiger partial charge on any atom is -0.449 e. The van der Waals surface area contributed by atoms with Gasteiger partial charge in [-0.25, -0.2) is 9.18 Å². The predicted octanol–water partition coefficient (Wildman–Crippen LogP) is 4.32. The third kappa shape index (κ3) is 4.68. The summed E-state index contributed by atoms with van der Waals surface area (Å²) in [6.07, 6.45) is -1.11. The van der Waals surface area contributed by atoms with Gasteiger partial charge in [0.05, 0.1) is 5.56 Å². The average Bonchev–Trinajstić information content (AvgIpc) is 2.51. The number of halogens is 3. The molecule has 0 aromatic heterocycles. The molecule has 2 aromatic carbocycles. The number of ether oxygens (including phenoxy) is 1. The molecule has 23 heavy (non-hydrogen) atoms. The van der Waals surface area contributed by atoms with Gasteiger partial charge >= 0.3 is 5.97 Å². The fraction of sp³-hybridized carbons (Fsp3) is 0.125. The summed E-state index contributed by atoms with van der Waals surface area (Å²) in [4.78, 5) is 23.9. The zero-order valence-corrected chi connectivity index (χ0v) is 13.5. The number of benzene rings is 2. The summed E-state index contributed by atoms with van der Waals surface area (Å²) < 4.78 is 18.5. The lowest BCUT2D eigenvalue weighted by atomic mass is 10.2. The van der Waals surface area contributed by atoms with Crippen LogP contribution in [-0.4, -0.2) is 18.0 Å². The van der Waals surface area contributed by atoms with Gasteiger partial charge in [-0.15, -0.1) is 0 Å². The second-order valence-electron chi connectivity index (χ2n) is 4.67. The molecular formula is C16H12Cl2FNO3. The number of hydrogen-bond acceptors (Lipinski definition) is 3. The molecule has 0 radical (unpaired) electrons. The number of nitrogens with one attached hydrogen (secondary N) is 1. The molecule has 0 saturated heterocycles. The first-order chi connectivity index (χ1) is 10.9. The van der Waals surface area contributed by atoms with E-state index in [1.807, 2.05) is 0 Å². The van der Waals surface area contributed by atoms with E-state index in [0.29, 0.717) is 10.7 Å². The Labute approximate surface area is 142 Å². The highest BCUT2D eigenvalue weighted by Crippen LogP contribution is 2.17. The van der Waals surface area contributed by atoms with Gasteiger partial charge < -0.3 is 10.1 Å². The number of hydrogen-bond donors (Lipinski definition) is 1. The van der Waals surface area contributed by atoms with Gasteiger partial charge in [0.25, 0.3) is 5.91 Å². The normalized spacial score (nSPS) is 11.7. The quantitative estimate of drug-likeness (QED) is 0.831. The van der Waals surface area contributed by atoms with E-state index in [4.69, 9.17) is 27.9 Å². The lowest BCUT2D eigenvalue weighted by Crippen LogP contribution is -2.30. The number of rotatable bonds is 4. The molecule has 1 amide bonds. The van der Waals surface area contributed by atoms with Crippen LogP contribution in [0.25, 0.3) is 0 Å². The molecule has 2 aromatic rings. The summed E-state index contributed by atoms with van der Waals surface area (Å²) in [5, 5.41) is 3.28. The molecule has 0 aliphatic carbocycles. The van der Waals surface area contributed by atoms with Crippen molar-refractivity contribution in [3.63, 3.8) is 0 Å². The van der Waals surface area contributed by atoms with Crippen LogP contribution in [0.4, 0.5) is 10.1 Å². The van der Waals surface area contributed by atoms with Crippen molar-refractivity contribution in [1.82, 2.24) is 0 Å². The monoisotopic (exact) mass is 355 g/mol. The van der Waals surface area contributed by atoms with E-state index in [2.05, 4.69) is 5.32 Å². The zero-order chi connectivity index (χ0) is 17.0. The number of carbonyl (C=O) groups is 2. The molecule has 0 aliphatic heterocycles. The van der Waals surface area contributed by atoms with Gasteiger partial charge in [0.15, 0.2) is 6.10 Å². The topological polar surface area (TPSA) is 55.4 Å². The molecule has 1 N–H and O–H groups in total. The van der Waals surface area contributed by atoms with Crippen molar-refractivity contribution in [3.8, 4) is 0 Å². The Morgan fingerprint density at radius 2 is 1.70 bits per heavy atom. The summed E-state index contributed by atoms with van der Waals surface area (Å²) in [5.74, 6) is -2.29. The first-order valence-electron chi connectivity index (χ1n) is 6.59. The van der Waals surface area contributed by atoms with E-state index in [1.165, 1.54) is 13.0 Å². The van der Waals surface area contributed by atoms with Gasteiger partial charge in [0.1, 0.15) is 5.82 Å². The summed E-state index contributed by atoms with van der Waals surface area (Å²) in [7, 11) is 0. The van der Waals surface area contributed by atoms with Gasteiger partial charge in [0.2, 0.25) is 0 Å². The molecule has 0 fully saturated rings. The van der Waals surface area contributed by atoms with Crippen LogP contribution in [-0.2, 0) is 9.53 Å². The van der Waals surface area contributed by atoms with Gasteiger partial charge in [-0.1, -0.05) is 23.2 Å². The number of carbonyl (C=O) groups excluding carboxylic acids is 2. The zero-order valence-electron chi connectivity index (χ0n) is 12.0. The molecule has 7 heteroatoms. The van der Waals surface area contributed by atoms with Crippen LogP contribution >= 0.6 is 23.2 Å². The third-order valence-corrected chi connectivity index (χ3v) is 3.40. The van der Waals surface area contributed by atoms with Gasteiger partial charge in [0, 0.05) is 15.7 Å². The Morgan fingerprint density at radius 1 is 1.09 bits per heavy atom. The second-order valence-corrected chi connectivity index (χ2v) is 5.54. The predicted molar refractivity (Wildman–Crippen MR) is 86.4 cm³/mol. The van der Waals surface area contributed by atoms with Crippen molar-refractivity contribution >= 4 is 40.8 Å². The average molecular weight is 356 g/mol. The lowest BCUT2D eigenvalue weighted by molar-refractivity contribution is -0.123. The van der Waals surface area contributed by atoms with Crippen molar-refractivity contribution in [2.24, 2.45) is 0 Å². The van der Waals surface area contributed by atoms with Gasteiger partial charge in [-0.05, 0) is 49.4 Å². The first-order valence-corrected chi connectivity index (χ1v) is 7.35. The molecule has 1 atom stereocenters. The molecular weight excluding hydrogens is 344 g/mol. The van der Waals surface area contributed by atoms with Gasteiger partial charge in [-0.2, -0.15) is 0 Å². The summed E-state index contributed by atoms with van der Waals surface area (Å²) in [6, 6.07) is 9.92. The van der Waals surface area contributed by atoms with E-state index >= 15 is 0 Å². The number of esters is 1. The van der Waals surface area contributed by atoms with E-state index in [-0.39, 0.29) is 10.6 Å². The molecule has 0 saturated carbocycles. The Kier molecular flexibility index (Phi) is 5.58. The Bertz CT molecular complexity index is 735. The van der Waals surface area contributed by atoms with Crippen LogP contribution in [0.1, 0.15) is 17.3 Å². The highest BCUT2D eigenvalue weighted by Gasteiger charge is 2.21. The summed E-state index contributed by atoms with van der Waals surface area (Å²) in [5.41, 5.74) is 0.167. The molecule has 0 unspecified atom stereocenters. The van der Waals surface area contributed by atoms with Crippen LogP contribution < -0.4 is 5.32 Å². The molecule has 0 spiro atoms. The maximum atomic E-state index is 13.6. The van der Waals surface area contributed by atoms with Crippen LogP contribution in [0.3, 0.4) is 0 Å². The van der Waals surface area contributed by atoms with Crippen molar-refractivity contribution in [3.05, 3.63) is 63.9 Å². The summed E-state index contributed by atoms with van der Waals surface area (Å²) in [6.45, 7) is 1.38. The minimum atomic E-state index is -1.11. The molecule has 4 nitrogen and oxygen atoms in total. The van der Waals surface area contributed by atoms with E-state index in [1.54, 1.807) is 24.3 Å². The smallest absolute Gasteiger partial charge is 0.341 e. The lowest BCUT2D eigenvalue weighted by Gasteiger charge is -2.14. The molecule has 120 valence electrons. The Hall–Kier alpha value is -2.11. The molecule has 2 rings (SSSR count). The molecule has 0 heterocycles. The number of amides is 1. The maximum absolute atomic E-state index is 13.6. The van der Waals surface area contributed by atoms with Crippen LogP contribution in [0, 0.1) is 5.82 Å². The fourth-order valence-electron chi connectivity index (χ4n) is 1.71. The maximum Gasteiger partial charge on any atom is 0.341 e. The first kappa shape index (κ1) is 17.2. The fourth-order valence-corrected chi connectivity index (χ4v) is 2.01. The highest BCUT2D eigenvalue weighted by atomic mass is 35.5. The van der Waals surface area contributed by atoms with E-state index < -0.39 is 23.8 Å². The summed E-state index contributed by atoms with van der Waals surface area (Å²) >= 11 is 11.5. The van der Waals surface area contributed by atoms with E-state index in [9.17, 15) is 14.0 Å². The van der Waals surface area contributed by atoms with Crippen molar-refractivity contribution in [2.45, 2.75) is 13.0 Å². The SMILES string of the molecule is C[C@H](OC(=O)c1cc(Cl)ccc1F)C(=O)Nc1ccc(Cl)cc1. The van der Waals surface area contributed by atoms with Crippen LogP contribution in [0.15, 0.2) is 42.5 Å². The van der Waals surface area contributed by atoms with E-state index in [0.717, 1.165) is 12.1 Å². The largest absolute Gasteiger partial charge is 0.449 e. The van der Waals surface area contributed by atoms with Crippen molar-refractivity contribution in [1.29, 1.82) is 0 Å². The van der Waals surface area contributed by atoms with Crippen LogP contribution in [0.2, 0.25) is 10.0 Å². The minimum absolute atomic E-state index is 0.191. The standard InChI is InChI=1S/C16H12Cl2FNO3/c1-9(15(21)20-12-5-2-10(17)3-6-12)23-16(22)13-8-11(18)4-7-14(13)19/h2-9H,1H3,(H,20,21)/t9-/m0/s1. The van der Waals surface area contributed by atoms with Crippen molar-refractivity contribution in [2.75, 3.05) is 5.32 Å². The Balaban J connectivity index is 2.01. The number of anilines is 1. The Morgan fingerprint density at radius 3 is 2.35 bits per heavy atom. The van der Waals surface area contributed by atoms with Crippen molar-refractivity contribution < 1.29 is 18.7 Å². The van der Waals surface area contributed by atoms with Crippen LogP contribution in [0.5, 0.6) is 0 Å². The molecule has 0 bridgehead atoms. The van der Waals surface area contributed by atoms with Gasteiger partial charge in [-0.3, -0.25) is 4.79 Å².